The lowest BCUT2D eigenvalue weighted by molar-refractivity contribution is -0.00114. The first-order valence-electron chi connectivity index (χ1n) is 6.49. The van der Waals surface area contributed by atoms with Crippen LogP contribution in [0.4, 0.5) is 0 Å². The van der Waals surface area contributed by atoms with E-state index in [9.17, 15) is 0 Å². The van der Waals surface area contributed by atoms with E-state index in [0.717, 1.165) is 31.2 Å². The summed E-state index contributed by atoms with van der Waals surface area (Å²) in [5, 5.41) is 3.56. The van der Waals surface area contributed by atoms with E-state index in [1.165, 1.54) is 45.3 Å². The van der Waals surface area contributed by atoms with Crippen molar-refractivity contribution in [2.45, 2.75) is 37.8 Å². The van der Waals surface area contributed by atoms with Crippen LogP contribution in [0.3, 0.4) is 0 Å². The summed E-state index contributed by atoms with van der Waals surface area (Å²) >= 11 is 0. The fourth-order valence-electron chi connectivity index (χ4n) is 3.57. The molecule has 0 spiro atoms. The molecule has 86 valence electrons. The van der Waals surface area contributed by atoms with Crippen LogP contribution in [-0.4, -0.2) is 49.8 Å². The van der Waals surface area contributed by atoms with Gasteiger partial charge in [-0.05, 0) is 44.7 Å². The van der Waals surface area contributed by atoms with Gasteiger partial charge in [0.15, 0.2) is 0 Å². The van der Waals surface area contributed by atoms with Gasteiger partial charge in [0.05, 0.1) is 0 Å². The summed E-state index contributed by atoms with van der Waals surface area (Å²) in [6.07, 6.45) is 5.35. The first-order valence-corrected chi connectivity index (χ1v) is 6.49. The Morgan fingerprint density at radius 1 is 1.07 bits per heavy atom. The molecule has 3 heteroatoms. The van der Waals surface area contributed by atoms with Crippen molar-refractivity contribution >= 4 is 0 Å². The second kappa shape index (κ2) is 4.40. The predicted molar refractivity (Wildman–Crippen MR) is 59.9 cm³/mol. The van der Waals surface area contributed by atoms with E-state index < -0.39 is 0 Å². The second-order valence-electron chi connectivity index (χ2n) is 5.21. The Morgan fingerprint density at radius 2 is 1.93 bits per heavy atom. The molecule has 0 aromatic carbocycles. The molecule has 3 fully saturated rings. The fraction of sp³-hybridized carbons (Fsp3) is 1.00. The molecule has 15 heavy (non-hydrogen) atoms. The van der Waals surface area contributed by atoms with Crippen LogP contribution in [0.15, 0.2) is 0 Å². The summed E-state index contributed by atoms with van der Waals surface area (Å²) in [6, 6.07) is 1.65. The summed E-state index contributed by atoms with van der Waals surface area (Å²) in [5.74, 6) is 0.932. The Hall–Kier alpha value is -0.120. The maximum Gasteiger partial charge on any atom is 0.0480 e. The lowest BCUT2D eigenvalue weighted by Gasteiger charge is -2.43. The quantitative estimate of drug-likeness (QED) is 0.694. The maximum atomic E-state index is 5.46. The number of ether oxygens (including phenoxy) is 1. The number of piperidine rings is 1. The molecule has 0 saturated carbocycles. The van der Waals surface area contributed by atoms with Crippen LogP contribution in [0.1, 0.15) is 25.7 Å². The lowest BCUT2D eigenvalue weighted by Crippen LogP contribution is -2.51. The van der Waals surface area contributed by atoms with Gasteiger partial charge in [-0.2, -0.15) is 0 Å². The van der Waals surface area contributed by atoms with Crippen LogP contribution in [0, 0.1) is 5.92 Å². The normalized spacial score (nSPS) is 39.2. The van der Waals surface area contributed by atoms with Gasteiger partial charge in [-0.3, -0.25) is 4.90 Å². The molecule has 0 aliphatic carbocycles. The van der Waals surface area contributed by atoms with Crippen LogP contribution in [0.5, 0.6) is 0 Å². The third kappa shape index (κ3) is 1.93. The average molecular weight is 210 g/mol. The molecule has 0 aromatic heterocycles. The number of rotatable bonds is 1. The van der Waals surface area contributed by atoms with E-state index in [1.807, 2.05) is 0 Å². The number of nitrogens with one attached hydrogen (secondary N) is 1. The minimum absolute atomic E-state index is 0.812. The lowest BCUT2D eigenvalue weighted by atomic mass is 9.89. The Kier molecular flexibility index (Phi) is 2.95. The monoisotopic (exact) mass is 210 g/mol. The van der Waals surface area contributed by atoms with Crippen LogP contribution in [-0.2, 0) is 4.74 Å². The first kappa shape index (κ1) is 10.1. The summed E-state index contributed by atoms with van der Waals surface area (Å²) in [5.41, 5.74) is 0. The highest BCUT2D eigenvalue weighted by Crippen LogP contribution is 2.30. The van der Waals surface area contributed by atoms with E-state index in [1.54, 1.807) is 0 Å². The molecule has 3 rings (SSSR count). The average Bonchev–Trinajstić information content (AvgIpc) is 2.78. The van der Waals surface area contributed by atoms with Crippen molar-refractivity contribution in [1.82, 2.24) is 10.2 Å². The smallest absolute Gasteiger partial charge is 0.0480 e. The van der Waals surface area contributed by atoms with Crippen LogP contribution in [0.2, 0.25) is 0 Å². The van der Waals surface area contributed by atoms with Gasteiger partial charge in [-0.1, -0.05) is 0 Å². The molecular weight excluding hydrogens is 188 g/mol. The van der Waals surface area contributed by atoms with Crippen molar-refractivity contribution in [3.63, 3.8) is 0 Å². The Morgan fingerprint density at radius 3 is 2.80 bits per heavy atom. The zero-order valence-electron chi connectivity index (χ0n) is 9.45. The first-order chi connectivity index (χ1) is 7.45. The van der Waals surface area contributed by atoms with Gasteiger partial charge in [-0.25, -0.2) is 0 Å². The minimum atomic E-state index is 0.812. The summed E-state index contributed by atoms with van der Waals surface area (Å²) < 4.78 is 5.46. The molecule has 3 nitrogen and oxygen atoms in total. The maximum absolute atomic E-state index is 5.46. The van der Waals surface area contributed by atoms with Gasteiger partial charge in [0.1, 0.15) is 0 Å². The van der Waals surface area contributed by atoms with E-state index >= 15 is 0 Å². The van der Waals surface area contributed by atoms with Crippen LogP contribution < -0.4 is 5.32 Å². The molecule has 0 radical (unpaired) electrons. The largest absolute Gasteiger partial charge is 0.381 e. The van der Waals surface area contributed by atoms with Crippen molar-refractivity contribution in [2.24, 2.45) is 5.92 Å². The van der Waals surface area contributed by atoms with E-state index in [4.69, 9.17) is 4.74 Å². The van der Waals surface area contributed by atoms with Crippen molar-refractivity contribution in [2.75, 3.05) is 32.8 Å². The van der Waals surface area contributed by atoms with Gasteiger partial charge < -0.3 is 10.1 Å². The van der Waals surface area contributed by atoms with Gasteiger partial charge in [0.2, 0.25) is 0 Å². The SMILES string of the molecule is C1CC2CNCC2N(C2CCOCC2)C1. The van der Waals surface area contributed by atoms with Gasteiger partial charge in [0, 0.05) is 31.8 Å². The van der Waals surface area contributed by atoms with Crippen molar-refractivity contribution in [1.29, 1.82) is 0 Å². The summed E-state index contributed by atoms with van der Waals surface area (Å²) in [4.78, 5) is 2.79. The molecule has 3 heterocycles. The van der Waals surface area contributed by atoms with Gasteiger partial charge >= 0.3 is 0 Å². The number of hydrogen-bond donors (Lipinski definition) is 1. The molecule has 0 amide bonds. The predicted octanol–water partition coefficient (Wildman–Crippen LogP) is 0.849. The van der Waals surface area contributed by atoms with Crippen molar-refractivity contribution < 1.29 is 4.74 Å². The number of fused-ring (bicyclic) bond motifs is 1. The summed E-state index contributed by atoms with van der Waals surface area (Å²) in [7, 11) is 0. The van der Waals surface area contributed by atoms with Gasteiger partial charge in [0.25, 0.3) is 0 Å². The zero-order chi connectivity index (χ0) is 10.1. The van der Waals surface area contributed by atoms with Crippen LogP contribution in [0.25, 0.3) is 0 Å². The fourth-order valence-corrected chi connectivity index (χ4v) is 3.57. The molecule has 0 bridgehead atoms. The highest BCUT2D eigenvalue weighted by Gasteiger charge is 2.38. The minimum Gasteiger partial charge on any atom is -0.381 e. The van der Waals surface area contributed by atoms with E-state index in [0.29, 0.717) is 0 Å². The highest BCUT2D eigenvalue weighted by molar-refractivity contribution is 4.94. The third-order valence-corrected chi connectivity index (χ3v) is 4.38. The molecule has 2 atom stereocenters. The van der Waals surface area contributed by atoms with Gasteiger partial charge in [-0.15, -0.1) is 0 Å². The Balaban J connectivity index is 1.67. The second-order valence-corrected chi connectivity index (χ2v) is 5.21. The van der Waals surface area contributed by atoms with Crippen LogP contribution >= 0.6 is 0 Å². The Labute approximate surface area is 92.2 Å². The summed E-state index contributed by atoms with van der Waals surface area (Å²) in [6.45, 7) is 5.76. The molecular formula is C12H22N2O. The third-order valence-electron chi connectivity index (χ3n) is 4.38. The molecule has 3 saturated heterocycles. The molecule has 1 N–H and O–H groups in total. The van der Waals surface area contributed by atoms with Crippen molar-refractivity contribution in [3.8, 4) is 0 Å². The molecule has 3 aliphatic heterocycles. The Bertz CT molecular complexity index is 216. The standard InChI is InChI=1S/C12H22N2O/c1-2-10-8-13-9-12(10)14(5-1)11-3-6-15-7-4-11/h10-13H,1-9H2. The molecule has 3 aliphatic rings. The highest BCUT2D eigenvalue weighted by atomic mass is 16.5. The zero-order valence-corrected chi connectivity index (χ0v) is 9.45. The number of nitrogens with zero attached hydrogens (tertiary/aromatic N) is 1. The van der Waals surface area contributed by atoms with E-state index in [2.05, 4.69) is 10.2 Å². The van der Waals surface area contributed by atoms with Crippen molar-refractivity contribution in [3.05, 3.63) is 0 Å². The number of hydrogen-bond acceptors (Lipinski definition) is 3. The van der Waals surface area contributed by atoms with E-state index in [-0.39, 0.29) is 0 Å². The topological polar surface area (TPSA) is 24.5 Å². The molecule has 0 aromatic rings. The number of likely N-dealkylation sites (tertiary alicyclic amines) is 1. The molecule has 2 unspecified atom stereocenters.